The van der Waals surface area contributed by atoms with Crippen molar-refractivity contribution in [3.05, 3.63) is 0 Å². The number of aliphatic hydroxyl groups is 1. The van der Waals surface area contributed by atoms with Gasteiger partial charge in [0, 0.05) is 6.54 Å². The Hall–Kier alpha value is -0.0800. The fourth-order valence-corrected chi connectivity index (χ4v) is 3.06. The molecule has 0 aliphatic heterocycles. The minimum atomic E-state index is -0.0681. The highest BCUT2D eigenvalue weighted by Crippen LogP contribution is 2.34. The molecule has 1 aliphatic rings. The van der Waals surface area contributed by atoms with Crippen molar-refractivity contribution in [3.63, 3.8) is 0 Å². The van der Waals surface area contributed by atoms with Crippen LogP contribution in [0.4, 0.5) is 0 Å². The molecule has 0 saturated heterocycles. The molecule has 0 spiro atoms. The molecule has 1 saturated carbocycles. The molecule has 2 heteroatoms. The van der Waals surface area contributed by atoms with Crippen LogP contribution in [-0.2, 0) is 0 Å². The highest BCUT2D eigenvalue weighted by molar-refractivity contribution is 4.82. The fourth-order valence-electron chi connectivity index (χ4n) is 3.06. The van der Waals surface area contributed by atoms with Crippen LogP contribution in [0.1, 0.15) is 53.4 Å². The van der Waals surface area contributed by atoms with Gasteiger partial charge in [-0.3, -0.25) is 0 Å². The first-order valence-corrected chi connectivity index (χ1v) is 7.76. The van der Waals surface area contributed by atoms with Crippen LogP contribution >= 0.6 is 0 Å². The van der Waals surface area contributed by atoms with Gasteiger partial charge in [-0.05, 0) is 62.9 Å². The maximum absolute atomic E-state index is 10.2. The van der Waals surface area contributed by atoms with Gasteiger partial charge in [0.15, 0.2) is 0 Å². The van der Waals surface area contributed by atoms with Crippen LogP contribution < -0.4 is 0 Å². The van der Waals surface area contributed by atoms with E-state index in [9.17, 15) is 5.11 Å². The second-order valence-electron chi connectivity index (χ2n) is 7.09. The van der Waals surface area contributed by atoms with Crippen LogP contribution in [0.15, 0.2) is 0 Å². The Morgan fingerprint density at radius 2 is 1.83 bits per heavy atom. The Labute approximate surface area is 114 Å². The van der Waals surface area contributed by atoms with Crippen molar-refractivity contribution in [3.8, 4) is 0 Å². The second kappa shape index (κ2) is 7.49. The first-order valence-electron chi connectivity index (χ1n) is 7.76. The van der Waals surface area contributed by atoms with E-state index >= 15 is 0 Å². The van der Waals surface area contributed by atoms with E-state index in [1.54, 1.807) is 0 Å². The van der Waals surface area contributed by atoms with Gasteiger partial charge in [0.05, 0.1) is 6.10 Å². The number of aliphatic hydroxyl groups excluding tert-OH is 1. The van der Waals surface area contributed by atoms with Crippen LogP contribution in [0.5, 0.6) is 0 Å². The van der Waals surface area contributed by atoms with Gasteiger partial charge in [0.25, 0.3) is 0 Å². The summed E-state index contributed by atoms with van der Waals surface area (Å²) in [7, 11) is 2.20. The monoisotopic (exact) mass is 255 g/mol. The van der Waals surface area contributed by atoms with E-state index in [-0.39, 0.29) is 6.10 Å². The number of hydrogen-bond acceptors (Lipinski definition) is 2. The molecule has 18 heavy (non-hydrogen) atoms. The lowest BCUT2D eigenvalue weighted by molar-refractivity contribution is 0.0219. The van der Waals surface area contributed by atoms with Gasteiger partial charge in [0.1, 0.15) is 0 Å². The zero-order chi connectivity index (χ0) is 13.7. The number of nitrogens with zero attached hydrogens (tertiary/aromatic N) is 1. The Bertz CT molecular complexity index is 227. The van der Waals surface area contributed by atoms with E-state index in [4.69, 9.17) is 0 Å². The Morgan fingerprint density at radius 3 is 2.39 bits per heavy atom. The lowest BCUT2D eigenvalue weighted by atomic mass is 9.74. The molecule has 0 aromatic carbocycles. The Balaban J connectivity index is 2.38. The smallest absolute Gasteiger partial charge is 0.0580 e. The summed E-state index contributed by atoms with van der Waals surface area (Å²) in [5.74, 6) is 2.84. The van der Waals surface area contributed by atoms with Crippen molar-refractivity contribution in [2.24, 2.45) is 23.7 Å². The molecular formula is C16H33NO. The predicted molar refractivity (Wildman–Crippen MR) is 78.6 cm³/mol. The van der Waals surface area contributed by atoms with E-state index < -0.39 is 0 Å². The van der Waals surface area contributed by atoms with Crippen molar-refractivity contribution in [2.45, 2.75) is 59.5 Å². The van der Waals surface area contributed by atoms with Crippen molar-refractivity contribution in [1.29, 1.82) is 0 Å². The molecular weight excluding hydrogens is 222 g/mol. The fraction of sp³-hybridized carbons (Fsp3) is 1.00. The van der Waals surface area contributed by atoms with Crippen molar-refractivity contribution >= 4 is 0 Å². The van der Waals surface area contributed by atoms with Gasteiger partial charge >= 0.3 is 0 Å². The van der Waals surface area contributed by atoms with Gasteiger partial charge in [-0.1, -0.05) is 27.7 Å². The molecule has 1 aliphatic carbocycles. The molecule has 0 heterocycles. The molecule has 108 valence electrons. The van der Waals surface area contributed by atoms with Crippen LogP contribution in [0.3, 0.4) is 0 Å². The highest BCUT2D eigenvalue weighted by Gasteiger charge is 2.31. The van der Waals surface area contributed by atoms with Gasteiger partial charge in [-0.2, -0.15) is 0 Å². The molecule has 0 bridgehead atoms. The molecule has 0 aromatic rings. The molecule has 0 aromatic heterocycles. The zero-order valence-corrected chi connectivity index (χ0v) is 13.0. The molecule has 1 rings (SSSR count). The lowest BCUT2D eigenvalue weighted by Crippen LogP contribution is -2.39. The minimum absolute atomic E-state index is 0.0681. The Kier molecular flexibility index (Phi) is 6.65. The normalized spacial score (nSPS) is 29.5. The van der Waals surface area contributed by atoms with Gasteiger partial charge in [-0.25, -0.2) is 0 Å². The second-order valence-corrected chi connectivity index (χ2v) is 7.09. The SMILES string of the molecule is CC(C)CCN(C)CC1CC(C(C)C)CCC1O. The third kappa shape index (κ3) is 5.27. The molecule has 0 amide bonds. The summed E-state index contributed by atoms with van der Waals surface area (Å²) in [5, 5.41) is 10.2. The molecule has 2 nitrogen and oxygen atoms in total. The first kappa shape index (κ1) is 16.0. The highest BCUT2D eigenvalue weighted by atomic mass is 16.3. The first-order chi connectivity index (χ1) is 8.40. The van der Waals surface area contributed by atoms with Crippen LogP contribution in [0.25, 0.3) is 0 Å². The third-order valence-electron chi connectivity index (χ3n) is 4.56. The average Bonchev–Trinajstić information content (AvgIpc) is 2.29. The standard InChI is InChI=1S/C16H33NO/c1-12(2)8-9-17(5)11-15-10-14(13(3)4)6-7-16(15)18/h12-16,18H,6-11H2,1-5H3. The molecule has 1 fully saturated rings. The van der Waals surface area contributed by atoms with E-state index in [1.165, 1.54) is 19.3 Å². The molecule has 3 atom stereocenters. The predicted octanol–water partition coefficient (Wildman–Crippen LogP) is 3.40. The quantitative estimate of drug-likeness (QED) is 0.786. The summed E-state index contributed by atoms with van der Waals surface area (Å²) in [6, 6.07) is 0. The van der Waals surface area contributed by atoms with Crippen LogP contribution in [0, 0.1) is 23.7 Å². The van der Waals surface area contributed by atoms with Crippen LogP contribution in [0.2, 0.25) is 0 Å². The van der Waals surface area contributed by atoms with E-state index in [2.05, 4.69) is 39.6 Å². The van der Waals surface area contributed by atoms with Crippen molar-refractivity contribution < 1.29 is 5.11 Å². The number of hydrogen-bond donors (Lipinski definition) is 1. The topological polar surface area (TPSA) is 23.5 Å². The summed E-state index contributed by atoms with van der Waals surface area (Å²) in [6.07, 6.45) is 4.62. The Morgan fingerprint density at radius 1 is 1.17 bits per heavy atom. The third-order valence-corrected chi connectivity index (χ3v) is 4.56. The summed E-state index contributed by atoms with van der Waals surface area (Å²) < 4.78 is 0. The maximum atomic E-state index is 10.2. The molecule has 1 N–H and O–H groups in total. The molecule has 0 radical (unpaired) electrons. The summed E-state index contributed by atoms with van der Waals surface area (Å²) in [4.78, 5) is 2.41. The van der Waals surface area contributed by atoms with Crippen molar-refractivity contribution in [1.82, 2.24) is 4.90 Å². The maximum Gasteiger partial charge on any atom is 0.0580 e. The van der Waals surface area contributed by atoms with Gasteiger partial charge in [0.2, 0.25) is 0 Å². The van der Waals surface area contributed by atoms with Crippen molar-refractivity contribution in [2.75, 3.05) is 20.1 Å². The average molecular weight is 255 g/mol. The van der Waals surface area contributed by atoms with E-state index in [0.29, 0.717) is 5.92 Å². The summed E-state index contributed by atoms with van der Waals surface area (Å²) in [5.41, 5.74) is 0. The minimum Gasteiger partial charge on any atom is -0.393 e. The van der Waals surface area contributed by atoms with Crippen LogP contribution in [-0.4, -0.2) is 36.2 Å². The lowest BCUT2D eigenvalue weighted by Gasteiger charge is -2.37. The molecule has 3 unspecified atom stereocenters. The van der Waals surface area contributed by atoms with Gasteiger partial charge < -0.3 is 10.0 Å². The van der Waals surface area contributed by atoms with E-state index in [1.807, 2.05) is 0 Å². The zero-order valence-electron chi connectivity index (χ0n) is 13.0. The number of rotatable bonds is 6. The summed E-state index contributed by atoms with van der Waals surface area (Å²) in [6.45, 7) is 11.4. The van der Waals surface area contributed by atoms with E-state index in [0.717, 1.165) is 37.3 Å². The van der Waals surface area contributed by atoms with Gasteiger partial charge in [-0.15, -0.1) is 0 Å². The largest absolute Gasteiger partial charge is 0.393 e. The summed E-state index contributed by atoms with van der Waals surface area (Å²) >= 11 is 0.